The number of ether oxygens (including phenoxy) is 3. The highest BCUT2D eigenvalue weighted by atomic mass is 35.5. The average Bonchev–Trinajstić information content (AvgIpc) is 3.33. The lowest BCUT2D eigenvalue weighted by Gasteiger charge is -2.21. The standard InChI is InChI=1S/C21H21Cl2N3O4S.ClH/c1-25(2)6-3-7-26(20(27)11-28-16-5-4-13(22)8-14(16)23)21-24-15-9-17-18(30-12-29-17)10-19(15)31-21;/h4-5,8-10H,3,6-7,11-12H2,1-2H3;1H. The molecule has 32 heavy (non-hydrogen) atoms. The lowest BCUT2D eigenvalue weighted by molar-refractivity contribution is -0.120. The molecule has 0 bridgehead atoms. The summed E-state index contributed by atoms with van der Waals surface area (Å²) in [5, 5.41) is 1.46. The molecule has 3 aromatic rings. The number of fused-ring (bicyclic) bond motifs is 2. The molecule has 7 nitrogen and oxygen atoms in total. The number of halogens is 3. The minimum Gasteiger partial charge on any atom is -0.482 e. The first-order valence-corrected chi connectivity index (χ1v) is 11.2. The fraction of sp³-hybridized carbons (Fsp3) is 0.333. The second kappa shape index (κ2) is 10.8. The highest BCUT2D eigenvalue weighted by Crippen LogP contribution is 2.40. The van der Waals surface area contributed by atoms with E-state index in [2.05, 4.69) is 9.88 Å². The SMILES string of the molecule is CN(C)CCCN(C(=O)COc1ccc(Cl)cc1Cl)c1nc2cc3c(cc2s1)OCO3.Cl. The van der Waals surface area contributed by atoms with Gasteiger partial charge in [0.2, 0.25) is 6.79 Å². The van der Waals surface area contributed by atoms with Crippen molar-refractivity contribution in [2.45, 2.75) is 6.42 Å². The summed E-state index contributed by atoms with van der Waals surface area (Å²) >= 11 is 13.5. The van der Waals surface area contributed by atoms with Crippen LogP contribution in [0.4, 0.5) is 5.13 Å². The topological polar surface area (TPSA) is 64.1 Å². The minimum absolute atomic E-state index is 0. The first-order valence-electron chi connectivity index (χ1n) is 9.64. The number of hydrogen-bond donors (Lipinski definition) is 0. The maximum atomic E-state index is 13.1. The zero-order valence-electron chi connectivity index (χ0n) is 17.5. The van der Waals surface area contributed by atoms with Gasteiger partial charge in [-0.3, -0.25) is 9.69 Å². The predicted molar refractivity (Wildman–Crippen MR) is 130 cm³/mol. The first kappa shape index (κ1) is 24.7. The average molecular weight is 519 g/mol. The van der Waals surface area contributed by atoms with Gasteiger partial charge in [0.15, 0.2) is 23.2 Å². The van der Waals surface area contributed by atoms with Crippen LogP contribution in [0, 0.1) is 0 Å². The van der Waals surface area contributed by atoms with E-state index in [4.69, 9.17) is 37.4 Å². The third-order valence-corrected chi connectivity index (χ3v) is 6.21. The van der Waals surface area contributed by atoms with Crippen molar-refractivity contribution < 1.29 is 19.0 Å². The van der Waals surface area contributed by atoms with E-state index in [1.54, 1.807) is 23.1 Å². The largest absolute Gasteiger partial charge is 0.482 e. The predicted octanol–water partition coefficient (Wildman–Crippen LogP) is 5.12. The molecular weight excluding hydrogens is 497 g/mol. The molecule has 172 valence electrons. The number of amides is 1. The Bertz CT molecular complexity index is 1070. The molecule has 0 aliphatic carbocycles. The lowest BCUT2D eigenvalue weighted by Crippen LogP contribution is -2.36. The molecule has 1 aliphatic rings. The summed E-state index contributed by atoms with van der Waals surface area (Å²) in [6.07, 6.45) is 0.791. The van der Waals surface area contributed by atoms with Crippen molar-refractivity contribution >= 4 is 68.2 Å². The van der Waals surface area contributed by atoms with Gasteiger partial charge in [-0.25, -0.2) is 4.98 Å². The fourth-order valence-electron chi connectivity index (χ4n) is 3.10. The van der Waals surface area contributed by atoms with Gasteiger partial charge in [0, 0.05) is 23.7 Å². The molecule has 11 heteroatoms. The number of carbonyl (C=O) groups excluding carboxylic acids is 1. The lowest BCUT2D eigenvalue weighted by atomic mass is 10.3. The maximum Gasteiger partial charge on any atom is 0.266 e. The monoisotopic (exact) mass is 517 g/mol. The number of hydrogen-bond acceptors (Lipinski definition) is 7. The molecule has 2 aromatic carbocycles. The van der Waals surface area contributed by atoms with Crippen LogP contribution < -0.4 is 19.1 Å². The van der Waals surface area contributed by atoms with E-state index in [-0.39, 0.29) is 31.7 Å². The minimum atomic E-state index is -0.205. The summed E-state index contributed by atoms with van der Waals surface area (Å²) in [6.45, 7) is 1.40. The van der Waals surface area contributed by atoms with Gasteiger partial charge in [-0.1, -0.05) is 34.5 Å². The normalized spacial score (nSPS) is 12.2. The molecule has 0 unspecified atom stereocenters. The molecule has 0 saturated carbocycles. The van der Waals surface area contributed by atoms with Gasteiger partial charge in [0.05, 0.1) is 15.2 Å². The Morgan fingerprint density at radius 1 is 1.16 bits per heavy atom. The number of carbonyl (C=O) groups is 1. The highest BCUT2D eigenvalue weighted by molar-refractivity contribution is 7.22. The van der Waals surface area contributed by atoms with Crippen LogP contribution in [0.5, 0.6) is 17.2 Å². The van der Waals surface area contributed by atoms with Gasteiger partial charge in [-0.15, -0.1) is 12.4 Å². The van der Waals surface area contributed by atoms with E-state index >= 15 is 0 Å². The molecule has 1 amide bonds. The molecular formula is C21H22Cl3N3O4S. The quantitative estimate of drug-likeness (QED) is 0.413. The third-order valence-electron chi connectivity index (χ3n) is 4.64. The van der Waals surface area contributed by atoms with Crippen molar-refractivity contribution in [3.05, 3.63) is 40.4 Å². The zero-order chi connectivity index (χ0) is 22.0. The molecule has 0 spiro atoms. The van der Waals surface area contributed by atoms with Crippen LogP contribution in [0.15, 0.2) is 30.3 Å². The first-order chi connectivity index (χ1) is 14.9. The molecule has 1 aromatic heterocycles. The van der Waals surface area contributed by atoms with Gasteiger partial charge in [-0.2, -0.15) is 0 Å². The molecule has 0 atom stereocenters. The van der Waals surface area contributed by atoms with Crippen LogP contribution >= 0.6 is 46.9 Å². The van der Waals surface area contributed by atoms with Crippen LogP contribution in [0.25, 0.3) is 10.2 Å². The number of anilines is 1. The van der Waals surface area contributed by atoms with Crippen LogP contribution in [-0.4, -0.2) is 56.4 Å². The van der Waals surface area contributed by atoms with E-state index in [1.165, 1.54) is 11.3 Å². The summed E-state index contributed by atoms with van der Waals surface area (Å²) in [5.41, 5.74) is 0.760. The van der Waals surface area contributed by atoms with E-state index in [0.29, 0.717) is 39.0 Å². The Kier molecular flexibility index (Phi) is 8.30. The molecule has 2 heterocycles. The van der Waals surface area contributed by atoms with Crippen molar-refractivity contribution in [2.24, 2.45) is 0 Å². The van der Waals surface area contributed by atoms with Crippen molar-refractivity contribution in [1.29, 1.82) is 0 Å². The van der Waals surface area contributed by atoms with Gasteiger partial charge < -0.3 is 19.1 Å². The van der Waals surface area contributed by atoms with Crippen LogP contribution in [0.3, 0.4) is 0 Å². The Labute approximate surface area is 206 Å². The maximum absolute atomic E-state index is 13.1. The summed E-state index contributed by atoms with van der Waals surface area (Å²) in [4.78, 5) is 21.5. The fourth-order valence-corrected chi connectivity index (χ4v) is 4.59. The van der Waals surface area contributed by atoms with Crippen LogP contribution in [-0.2, 0) is 4.79 Å². The Morgan fingerprint density at radius 3 is 2.62 bits per heavy atom. The van der Waals surface area contributed by atoms with E-state index < -0.39 is 0 Å². The van der Waals surface area contributed by atoms with E-state index in [1.807, 2.05) is 26.2 Å². The molecule has 0 N–H and O–H groups in total. The Hall–Kier alpha value is -1.97. The molecule has 0 saturated heterocycles. The van der Waals surface area contributed by atoms with E-state index in [0.717, 1.165) is 23.2 Å². The van der Waals surface area contributed by atoms with Gasteiger partial charge in [0.1, 0.15) is 5.75 Å². The summed E-state index contributed by atoms with van der Waals surface area (Å²) in [7, 11) is 3.99. The van der Waals surface area contributed by atoms with Gasteiger partial charge >= 0.3 is 0 Å². The third kappa shape index (κ3) is 5.68. The summed E-state index contributed by atoms with van der Waals surface area (Å²) in [6, 6.07) is 8.62. The number of rotatable bonds is 8. The van der Waals surface area contributed by atoms with E-state index in [9.17, 15) is 4.79 Å². The summed E-state index contributed by atoms with van der Waals surface area (Å²) < 4.78 is 17.5. The smallest absolute Gasteiger partial charge is 0.266 e. The second-order valence-corrected chi connectivity index (χ2v) is 9.09. The van der Waals surface area contributed by atoms with Gasteiger partial charge in [0.25, 0.3) is 5.91 Å². The highest BCUT2D eigenvalue weighted by Gasteiger charge is 2.23. The number of aromatic nitrogens is 1. The Morgan fingerprint density at radius 2 is 1.91 bits per heavy atom. The summed E-state index contributed by atoms with van der Waals surface area (Å²) in [5.74, 6) is 1.55. The number of benzene rings is 2. The van der Waals surface area contributed by atoms with Crippen molar-refractivity contribution in [3.63, 3.8) is 0 Å². The van der Waals surface area contributed by atoms with Crippen molar-refractivity contribution in [1.82, 2.24) is 9.88 Å². The molecule has 0 radical (unpaired) electrons. The number of nitrogens with zero attached hydrogens (tertiary/aromatic N) is 3. The molecule has 1 aliphatic heterocycles. The number of thiazole rings is 1. The van der Waals surface area contributed by atoms with Crippen molar-refractivity contribution in [2.75, 3.05) is 45.5 Å². The Balaban J connectivity index is 0.00000289. The molecule has 4 rings (SSSR count). The van der Waals surface area contributed by atoms with Crippen LogP contribution in [0.2, 0.25) is 10.0 Å². The van der Waals surface area contributed by atoms with Crippen molar-refractivity contribution in [3.8, 4) is 17.2 Å². The second-order valence-electron chi connectivity index (χ2n) is 7.24. The zero-order valence-corrected chi connectivity index (χ0v) is 20.6. The van der Waals surface area contributed by atoms with Crippen LogP contribution in [0.1, 0.15) is 6.42 Å². The van der Waals surface area contributed by atoms with Gasteiger partial charge in [-0.05, 0) is 45.3 Å². The molecule has 0 fully saturated rings.